The maximum atomic E-state index is 13.1. The molecule has 0 aliphatic carbocycles. The zero-order valence-corrected chi connectivity index (χ0v) is 18.5. The third-order valence-corrected chi connectivity index (χ3v) is 6.51. The summed E-state index contributed by atoms with van der Waals surface area (Å²) in [6, 6.07) is 9.63. The molecule has 2 aliphatic heterocycles. The highest BCUT2D eigenvalue weighted by Gasteiger charge is 2.46. The molecule has 0 bridgehead atoms. The highest BCUT2D eigenvalue weighted by molar-refractivity contribution is 5.95. The second kappa shape index (κ2) is 7.27. The highest BCUT2D eigenvalue weighted by atomic mass is 16.5. The van der Waals surface area contributed by atoms with Gasteiger partial charge in [-0.25, -0.2) is 0 Å². The summed E-state index contributed by atoms with van der Waals surface area (Å²) in [5.41, 5.74) is 3.24. The van der Waals surface area contributed by atoms with Gasteiger partial charge < -0.3 is 14.2 Å². The smallest absolute Gasteiger partial charge is 0.253 e. The molecule has 1 N–H and O–H groups in total. The summed E-state index contributed by atoms with van der Waals surface area (Å²) in [7, 11) is 1.64. The first kappa shape index (κ1) is 20.7. The van der Waals surface area contributed by atoms with E-state index >= 15 is 0 Å². The summed E-state index contributed by atoms with van der Waals surface area (Å²) >= 11 is 0. The van der Waals surface area contributed by atoms with Crippen molar-refractivity contribution in [3.8, 4) is 5.75 Å². The van der Waals surface area contributed by atoms with Crippen LogP contribution in [-0.2, 0) is 12.1 Å². The van der Waals surface area contributed by atoms with E-state index in [2.05, 4.69) is 29.8 Å². The molecule has 0 atom stereocenters. The second-order valence-electron chi connectivity index (χ2n) is 9.31. The molecule has 1 spiro atoms. The van der Waals surface area contributed by atoms with Crippen LogP contribution in [0.4, 0.5) is 0 Å². The number of nitrogens with one attached hydrogen (secondary N) is 1. The van der Waals surface area contributed by atoms with Crippen molar-refractivity contribution in [1.82, 2.24) is 14.8 Å². The first-order valence-corrected chi connectivity index (χ1v) is 10.6. The van der Waals surface area contributed by atoms with E-state index in [9.17, 15) is 9.59 Å². The molecule has 2 aliphatic rings. The number of rotatable bonds is 3. The van der Waals surface area contributed by atoms with Crippen LogP contribution < -0.4 is 10.1 Å². The maximum absolute atomic E-state index is 13.1. The minimum absolute atomic E-state index is 0. The fourth-order valence-corrected chi connectivity index (χ4v) is 5.18. The molecule has 30 heavy (non-hydrogen) atoms. The molecule has 0 saturated carbocycles. The zero-order chi connectivity index (χ0) is 21.7. The van der Waals surface area contributed by atoms with Crippen LogP contribution in [-0.4, -0.2) is 46.9 Å². The molecule has 1 aromatic carbocycles. The van der Waals surface area contributed by atoms with E-state index in [0.717, 1.165) is 36.4 Å². The topological polar surface area (TPSA) is 63.6 Å². The van der Waals surface area contributed by atoms with Gasteiger partial charge in [-0.2, -0.15) is 0 Å². The number of ketones is 1. The van der Waals surface area contributed by atoms with Gasteiger partial charge in [-0.1, -0.05) is 0 Å². The van der Waals surface area contributed by atoms with Gasteiger partial charge in [0, 0.05) is 44.8 Å². The summed E-state index contributed by atoms with van der Waals surface area (Å²) in [5.74, 6) is 0.946. The lowest BCUT2D eigenvalue weighted by atomic mass is 9.79. The van der Waals surface area contributed by atoms with Crippen molar-refractivity contribution in [2.45, 2.75) is 58.2 Å². The first-order chi connectivity index (χ1) is 14.2. The third kappa shape index (κ3) is 3.43. The number of methoxy groups -OCH3 is 1. The van der Waals surface area contributed by atoms with E-state index in [1.54, 1.807) is 14.0 Å². The Morgan fingerprint density at radius 1 is 1.13 bits per heavy atom. The predicted molar refractivity (Wildman–Crippen MR) is 118 cm³/mol. The van der Waals surface area contributed by atoms with Gasteiger partial charge in [0.2, 0.25) is 0 Å². The molecule has 4 rings (SSSR count). The normalized spacial score (nSPS) is 19.4. The number of hydrogen-bond donors (Lipinski definition) is 1. The predicted octanol–water partition coefficient (Wildman–Crippen LogP) is 3.77. The van der Waals surface area contributed by atoms with Crippen LogP contribution in [0.5, 0.6) is 5.75 Å². The number of Topliss-reactive ketones (excluding diaryl/α,β-unsaturated/α-hetero) is 1. The Labute approximate surface area is 179 Å². The number of benzene rings is 1. The molecule has 162 valence electrons. The number of nitrogens with zero attached hydrogens (tertiary/aromatic N) is 2. The lowest BCUT2D eigenvalue weighted by Crippen LogP contribution is -2.63. The minimum atomic E-state index is -0.220. The van der Waals surface area contributed by atoms with E-state index < -0.39 is 0 Å². The van der Waals surface area contributed by atoms with E-state index in [0.29, 0.717) is 18.7 Å². The Morgan fingerprint density at radius 3 is 2.43 bits per heavy atom. The SMILES string of the molecule is COc1ccc(C(=O)N2CCC3(CC2)NC(C)(C)Cn2c(C(C)=O)ccc23)cc1C.[HH]. The van der Waals surface area contributed by atoms with Crippen LogP contribution in [0.15, 0.2) is 30.3 Å². The molecular weight excluding hydrogens is 378 g/mol. The zero-order valence-electron chi connectivity index (χ0n) is 18.5. The molecule has 2 aromatic rings. The molecule has 0 radical (unpaired) electrons. The molecule has 1 aromatic heterocycles. The summed E-state index contributed by atoms with van der Waals surface area (Å²) in [6.45, 7) is 10.1. The van der Waals surface area contributed by atoms with Crippen molar-refractivity contribution in [2.24, 2.45) is 0 Å². The molecule has 1 saturated heterocycles. The van der Waals surface area contributed by atoms with Crippen molar-refractivity contribution in [3.63, 3.8) is 0 Å². The number of piperidine rings is 1. The van der Waals surface area contributed by atoms with E-state index in [-0.39, 0.29) is 24.2 Å². The van der Waals surface area contributed by atoms with E-state index in [4.69, 9.17) is 4.74 Å². The Morgan fingerprint density at radius 2 is 1.83 bits per heavy atom. The van der Waals surface area contributed by atoms with Gasteiger partial charge in [-0.15, -0.1) is 0 Å². The van der Waals surface area contributed by atoms with Crippen molar-refractivity contribution >= 4 is 11.7 Å². The molecule has 6 nitrogen and oxygen atoms in total. The molecule has 6 heteroatoms. The van der Waals surface area contributed by atoms with Gasteiger partial charge >= 0.3 is 0 Å². The van der Waals surface area contributed by atoms with Crippen LogP contribution in [0.1, 0.15) is 67.1 Å². The van der Waals surface area contributed by atoms with Gasteiger partial charge in [-0.3, -0.25) is 14.9 Å². The number of hydrogen-bond acceptors (Lipinski definition) is 4. The lowest BCUT2D eigenvalue weighted by molar-refractivity contribution is 0.0519. The van der Waals surface area contributed by atoms with Crippen LogP contribution in [0, 0.1) is 6.92 Å². The second-order valence-corrected chi connectivity index (χ2v) is 9.31. The summed E-state index contributed by atoms with van der Waals surface area (Å²) in [6.07, 6.45) is 1.64. The highest BCUT2D eigenvalue weighted by Crippen LogP contribution is 2.40. The fraction of sp³-hybridized carbons (Fsp3) is 0.500. The Balaban J connectivity index is 0.00000272. The van der Waals surface area contributed by atoms with Crippen LogP contribution in [0.3, 0.4) is 0 Å². The number of ether oxygens (including phenoxy) is 1. The monoisotopic (exact) mass is 411 g/mol. The number of likely N-dealkylation sites (tertiary alicyclic amines) is 1. The Hall–Kier alpha value is -2.60. The third-order valence-electron chi connectivity index (χ3n) is 6.51. The van der Waals surface area contributed by atoms with Gasteiger partial charge in [0.05, 0.1) is 18.3 Å². The van der Waals surface area contributed by atoms with Crippen LogP contribution in [0.2, 0.25) is 0 Å². The van der Waals surface area contributed by atoms with Crippen LogP contribution >= 0.6 is 0 Å². The van der Waals surface area contributed by atoms with Gasteiger partial charge in [0.15, 0.2) is 5.78 Å². The molecule has 1 amide bonds. The Bertz CT molecular complexity index is 1000. The van der Waals surface area contributed by atoms with Gasteiger partial charge in [0.1, 0.15) is 5.75 Å². The molecule has 3 heterocycles. The first-order valence-electron chi connectivity index (χ1n) is 10.6. The number of aryl methyl sites for hydroxylation is 1. The quantitative estimate of drug-likeness (QED) is 0.781. The molecule has 0 unspecified atom stereocenters. The van der Waals surface area contributed by atoms with Crippen molar-refractivity contribution in [1.29, 1.82) is 0 Å². The van der Waals surface area contributed by atoms with Crippen molar-refractivity contribution in [3.05, 3.63) is 52.8 Å². The van der Waals surface area contributed by atoms with Crippen molar-refractivity contribution in [2.75, 3.05) is 20.2 Å². The largest absolute Gasteiger partial charge is 0.496 e. The lowest BCUT2D eigenvalue weighted by Gasteiger charge is -2.51. The van der Waals surface area contributed by atoms with Gasteiger partial charge in [0.25, 0.3) is 5.91 Å². The Kier molecular flexibility index (Phi) is 5.01. The average Bonchev–Trinajstić information content (AvgIpc) is 3.11. The summed E-state index contributed by atoms with van der Waals surface area (Å²) < 4.78 is 7.50. The number of fused-ring (bicyclic) bond motifs is 2. The molecule has 1 fully saturated rings. The average molecular weight is 412 g/mol. The van der Waals surface area contributed by atoms with E-state index in [1.165, 1.54) is 5.69 Å². The fourth-order valence-electron chi connectivity index (χ4n) is 5.18. The number of amides is 1. The number of aromatic nitrogens is 1. The molecular formula is C24H33N3O3. The standard InChI is InChI=1S/C24H31N3O3.H2/c1-16-14-18(6-8-20(16)30-5)22(29)26-12-10-24(11-13-26)21-9-7-19(17(2)28)27(21)15-23(3,4)25-24;/h6-9,14,25H,10-13,15H2,1-5H3;1H. The van der Waals surface area contributed by atoms with Crippen LogP contribution in [0.25, 0.3) is 0 Å². The minimum Gasteiger partial charge on any atom is -0.496 e. The number of carbonyl (C=O) groups excluding carboxylic acids is 2. The van der Waals surface area contributed by atoms with E-state index in [1.807, 2.05) is 36.1 Å². The summed E-state index contributed by atoms with van der Waals surface area (Å²) in [4.78, 5) is 27.2. The number of carbonyl (C=O) groups is 2. The summed E-state index contributed by atoms with van der Waals surface area (Å²) in [5, 5.41) is 3.85. The van der Waals surface area contributed by atoms with Crippen molar-refractivity contribution < 1.29 is 15.8 Å². The van der Waals surface area contributed by atoms with Gasteiger partial charge in [-0.05, 0) is 69.5 Å². The maximum Gasteiger partial charge on any atom is 0.253 e.